The average molecular weight is 169 g/mol. The number of methoxy groups -OCH3 is 1. The molecule has 3 nitrogen and oxygen atoms in total. The molecule has 0 aromatic rings. The van der Waals surface area contributed by atoms with Gasteiger partial charge in [-0.15, -0.1) is 0 Å². The van der Waals surface area contributed by atoms with E-state index in [1.165, 1.54) is 0 Å². The zero-order chi connectivity index (χ0) is 8.97. The van der Waals surface area contributed by atoms with Gasteiger partial charge in [0.25, 0.3) is 0 Å². The molecule has 0 aromatic heterocycles. The highest BCUT2D eigenvalue weighted by molar-refractivity contribution is 5.92. The maximum atomic E-state index is 10.8. The van der Waals surface area contributed by atoms with E-state index in [1.807, 2.05) is 6.92 Å². The first-order valence-corrected chi connectivity index (χ1v) is 4.22. The molecule has 1 atom stereocenters. The van der Waals surface area contributed by atoms with Crippen molar-refractivity contribution >= 4 is 5.78 Å². The molecule has 12 heavy (non-hydrogen) atoms. The minimum absolute atomic E-state index is 0.196. The SMILES string of the molecule is COC(C)CNC1=CC(=O)CC1. The summed E-state index contributed by atoms with van der Waals surface area (Å²) in [6, 6.07) is 0. The summed E-state index contributed by atoms with van der Waals surface area (Å²) in [5, 5.41) is 3.18. The number of nitrogens with one attached hydrogen (secondary N) is 1. The quantitative estimate of drug-likeness (QED) is 0.678. The first kappa shape index (κ1) is 9.26. The summed E-state index contributed by atoms with van der Waals surface area (Å²) in [4.78, 5) is 10.8. The number of rotatable bonds is 4. The number of hydrogen-bond acceptors (Lipinski definition) is 3. The second-order valence-electron chi connectivity index (χ2n) is 3.06. The van der Waals surface area contributed by atoms with Crippen molar-refractivity contribution in [3.63, 3.8) is 0 Å². The lowest BCUT2D eigenvalue weighted by Gasteiger charge is -2.11. The number of carbonyl (C=O) groups excluding carboxylic acids is 1. The van der Waals surface area contributed by atoms with Crippen LogP contribution < -0.4 is 5.32 Å². The molecule has 0 aromatic carbocycles. The molecule has 0 heterocycles. The topological polar surface area (TPSA) is 38.3 Å². The van der Waals surface area contributed by atoms with Crippen LogP contribution in [0, 0.1) is 0 Å². The lowest BCUT2D eigenvalue weighted by Crippen LogP contribution is -2.24. The molecule has 0 radical (unpaired) electrons. The minimum atomic E-state index is 0.196. The fourth-order valence-electron chi connectivity index (χ4n) is 1.09. The van der Waals surface area contributed by atoms with Crippen LogP contribution in [0.3, 0.4) is 0 Å². The van der Waals surface area contributed by atoms with Crippen LogP contribution in [-0.4, -0.2) is 25.5 Å². The molecular weight excluding hydrogens is 154 g/mol. The molecule has 3 heteroatoms. The standard InChI is InChI=1S/C9H15NO2/c1-7(12-2)6-10-8-3-4-9(11)5-8/h5,7,10H,3-4,6H2,1-2H3. The Morgan fingerprint density at radius 3 is 2.92 bits per heavy atom. The lowest BCUT2D eigenvalue weighted by molar-refractivity contribution is -0.114. The summed E-state index contributed by atoms with van der Waals surface area (Å²) < 4.78 is 5.06. The van der Waals surface area contributed by atoms with Crippen molar-refractivity contribution in [1.29, 1.82) is 0 Å². The van der Waals surface area contributed by atoms with Gasteiger partial charge in [0.2, 0.25) is 0 Å². The zero-order valence-corrected chi connectivity index (χ0v) is 7.59. The van der Waals surface area contributed by atoms with Gasteiger partial charge in [0.1, 0.15) is 0 Å². The molecule has 1 aliphatic carbocycles. The van der Waals surface area contributed by atoms with Crippen molar-refractivity contribution in [2.75, 3.05) is 13.7 Å². The summed E-state index contributed by atoms with van der Waals surface area (Å²) >= 11 is 0. The van der Waals surface area contributed by atoms with Crippen molar-refractivity contribution in [3.8, 4) is 0 Å². The number of allylic oxidation sites excluding steroid dienone is 2. The summed E-state index contributed by atoms with van der Waals surface area (Å²) in [5.74, 6) is 0.225. The van der Waals surface area contributed by atoms with Crippen LogP contribution >= 0.6 is 0 Å². The van der Waals surface area contributed by atoms with Crippen molar-refractivity contribution in [2.45, 2.75) is 25.9 Å². The Morgan fingerprint density at radius 2 is 2.42 bits per heavy atom. The fraction of sp³-hybridized carbons (Fsp3) is 0.667. The Kier molecular flexibility index (Phi) is 3.29. The van der Waals surface area contributed by atoms with Gasteiger partial charge in [-0.05, 0) is 13.3 Å². The molecule has 0 fully saturated rings. The molecule has 0 amide bonds. The van der Waals surface area contributed by atoms with E-state index in [-0.39, 0.29) is 11.9 Å². The van der Waals surface area contributed by atoms with Gasteiger partial charge >= 0.3 is 0 Å². The van der Waals surface area contributed by atoms with Crippen LogP contribution in [-0.2, 0) is 9.53 Å². The smallest absolute Gasteiger partial charge is 0.157 e. The third-order valence-corrected chi connectivity index (χ3v) is 1.99. The Morgan fingerprint density at radius 1 is 1.67 bits per heavy atom. The molecule has 1 N–H and O–H groups in total. The number of carbonyl (C=O) groups is 1. The highest BCUT2D eigenvalue weighted by Crippen LogP contribution is 2.11. The van der Waals surface area contributed by atoms with Gasteiger partial charge in [-0.3, -0.25) is 4.79 Å². The van der Waals surface area contributed by atoms with Crippen LogP contribution in [0.15, 0.2) is 11.8 Å². The molecule has 0 bridgehead atoms. The van der Waals surface area contributed by atoms with E-state index in [1.54, 1.807) is 13.2 Å². The number of ketones is 1. The average Bonchev–Trinajstić information content (AvgIpc) is 2.47. The van der Waals surface area contributed by atoms with Gasteiger partial charge in [-0.2, -0.15) is 0 Å². The van der Waals surface area contributed by atoms with Crippen LogP contribution in [0.5, 0.6) is 0 Å². The van der Waals surface area contributed by atoms with E-state index in [2.05, 4.69) is 5.32 Å². The van der Waals surface area contributed by atoms with Gasteiger partial charge in [0.05, 0.1) is 6.10 Å². The second-order valence-corrected chi connectivity index (χ2v) is 3.06. The lowest BCUT2D eigenvalue weighted by atomic mass is 10.3. The summed E-state index contributed by atoms with van der Waals surface area (Å²) in [5.41, 5.74) is 1.05. The monoisotopic (exact) mass is 169 g/mol. The van der Waals surface area contributed by atoms with E-state index in [4.69, 9.17) is 4.74 Å². The van der Waals surface area contributed by atoms with Crippen molar-refractivity contribution in [3.05, 3.63) is 11.8 Å². The van der Waals surface area contributed by atoms with Gasteiger partial charge in [-0.1, -0.05) is 0 Å². The van der Waals surface area contributed by atoms with E-state index in [0.717, 1.165) is 18.7 Å². The number of ether oxygens (including phenoxy) is 1. The molecule has 0 spiro atoms. The first-order chi connectivity index (χ1) is 5.72. The predicted octanol–water partition coefficient (Wildman–Crippen LogP) is 0.858. The molecule has 0 saturated carbocycles. The third-order valence-electron chi connectivity index (χ3n) is 1.99. The molecule has 1 aliphatic rings. The third kappa shape index (κ3) is 2.66. The summed E-state index contributed by atoms with van der Waals surface area (Å²) in [6.07, 6.45) is 3.39. The Balaban J connectivity index is 2.24. The van der Waals surface area contributed by atoms with E-state index in [0.29, 0.717) is 6.42 Å². The molecule has 68 valence electrons. The number of hydrogen-bond donors (Lipinski definition) is 1. The van der Waals surface area contributed by atoms with Crippen LogP contribution in [0.25, 0.3) is 0 Å². The largest absolute Gasteiger partial charge is 0.386 e. The zero-order valence-electron chi connectivity index (χ0n) is 7.59. The summed E-state index contributed by atoms with van der Waals surface area (Å²) in [7, 11) is 1.68. The second kappa shape index (κ2) is 4.26. The van der Waals surface area contributed by atoms with E-state index < -0.39 is 0 Å². The Bertz CT molecular complexity index is 199. The van der Waals surface area contributed by atoms with Gasteiger partial charge in [0, 0.05) is 31.8 Å². The van der Waals surface area contributed by atoms with Crippen LogP contribution in [0.2, 0.25) is 0 Å². The molecule has 1 unspecified atom stereocenters. The molecular formula is C9H15NO2. The van der Waals surface area contributed by atoms with Gasteiger partial charge in [-0.25, -0.2) is 0 Å². The maximum absolute atomic E-state index is 10.8. The van der Waals surface area contributed by atoms with E-state index >= 15 is 0 Å². The van der Waals surface area contributed by atoms with Crippen molar-refractivity contribution in [1.82, 2.24) is 5.32 Å². The normalized spacial score (nSPS) is 19.2. The van der Waals surface area contributed by atoms with Gasteiger partial charge in [0.15, 0.2) is 5.78 Å². The fourth-order valence-corrected chi connectivity index (χ4v) is 1.09. The highest BCUT2D eigenvalue weighted by Gasteiger charge is 2.11. The minimum Gasteiger partial charge on any atom is -0.386 e. The molecule has 0 saturated heterocycles. The van der Waals surface area contributed by atoms with Crippen molar-refractivity contribution in [2.24, 2.45) is 0 Å². The van der Waals surface area contributed by atoms with Crippen LogP contribution in [0.4, 0.5) is 0 Å². The molecule has 1 rings (SSSR count). The highest BCUT2D eigenvalue weighted by atomic mass is 16.5. The Hall–Kier alpha value is -0.830. The van der Waals surface area contributed by atoms with Gasteiger partial charge < -0.3 is 10.1 Å². The molecule has 0 aliphatic heterocycles. The first-order valence-electron chi connectivity index (χ1n) is 4.22. The van der Waals surface area contributed by atoms with Crippen LogP contribution in [0.1, 0.15) is 19.8 Å². The Labute approximate surface area is 72.8 Å². The van der Waals surface area contributed by atoms with E-state index in [9.17, 15) is 4.79 Å². The predicted molar refractivity (Wildman–Crippen MR) is 46.8 cm³/mol. The van der Waals surface area contributed by atoms with Crippen molar-refractivity contribution < 1.29 is 9.53 Å². The summed E-state index contributed by atoms with van der Waals surface area (Å²) in [6.45, 7) is 2.76. The maximum Gasteiger partial charge on any atom is 0.157 e.